The first-order chi connectivity index (χ1) is 10.2. The maximum Gasteiger partial charge on any atom is 0.224 e. The van der Waals surface area contributed by atoms with E-state index in [2.05, 4.69) is 18.3 Å². The molecule has 0 radical (unpaired) electrons. The molecular formula is C17H23N3O. The van der Waals surface area contributed by atoms with Gasteiger partial charge >= 0.3 is 0 Å². The molecule has 1 fully saturated rings. The van der Waals surface area contributed by atoms with Gasteiger partial charge in [-0.2, -0.15) is 5.26 Å². The molecule has 1 aliphatic heterocycles. The van der Waals surface area contributed by atoms with Crippen LogP contribution in [0.2, 0.25) is 0 Å². The number of carbonyl (C=O) groups excluding carboxylic acids is 1. The monoisotopic (exact) mass is 285 g/mol. The topological polar surface area (TPSA) is 56.1 Å². The quantitative estimate of drug-likeness (QED) is 0.873. The Bertz CT molecular complexity index is 498. The van der Waals surface area contributed by atoms with Gasteiger partial charge in [0.2, 0.25) is 5.91 Å². The lowest BCUT2D eigenvalue weighted by Crippen LogP contribution is -2.36. The van der Waals surface area contributed by atoms with Crippen LogP contribution in [0.3, 0.4) is 0 Å². The van der Waals surface area contributed by atoms with E-state index in [-0.39, 0.29) is 5.91 Å². The van der Waals surface area contributed by atoms with Gasteiger partial charge in [0.25, 0.3) is 0 Å². The molecule has 1 N–H and O–H groups in total. The average Bonchev–Trinajstić information content (AvgIpc) is 3.00. The average molecular weight is 285 g/mol. The molecule has 1 aromatic carbocycles. The van der Waals surface area contributed by atoms with Crippen LogP contribution in [0, 0.1) is 11.3 Å². The molecule has 0 saturated carbocycles. The van der Waals surface area contributed by atoms with Gasteiger partial charge in [-0.05, 0) is 43.5 Å². The Morgan fingerprint density at radius 2 is 2.19 bits per heavy atom. The Kier molecular flexibility index (Phi) is 5.77. The summed E-state index contributed by atoms with van der Waals surface area (Å²) in [6, 6.07) is 9.94. The highest BCUT2D eigenvalue weighted by atomic mass is 16.2. The standard InChI is InChI=1S/C17H23N3O/c1-2-10-20(17(21)11-16-4-3-9-19-16)13-15-7-5-14(12-18)6-8-15/h5-8,16,19H,2-4,9-11,13H2,1H3. The molecule has 0 aromatic heterocycles. The minimum absolute atomic E-state index is 0.223. The zero-order valence-corrected chi connectivity index (χ0v) is 12.6. The molecule has 0 aliphatic carbocycles. The summed E-state index contributed by atoms with van der Waals surface area (Å²) < 4.78 is 0. The smallest absolute Gasteiger partial charge is 0.224 e. The second-order valence-electron chi connectivity index (χ2n) is 5.62. The van der Waals surface area contributed by atoms with Crippen molar-refractivity contribution in [2.75, 3.05) is 13.1 Å². The molecule has 1 saturated heterocycles. The first-order valence-electron chi connectivity index (χ1n) is 7.73. The number of nitrogens with one attached hydrogen (secondary N) is 1. The summed E-state index contributed by atoms with van der Waals surface area (Å²) in [6.45, 7) is 4.53. The Morgan fingerprint density at radius 3 is 2.76 bits per heavy atom. The molecule has 112 valence electrons. The molecule has 1 aliphatic rings. The molecule has 21 heavy (non-hydrogen) atoms. The van der Waals surface area contributed by atoms with Crippen LogP contribution in [0.1, 0.15) is 43.7 Å². The summed E-state index contributed by atoms with van der Waals surface area (Å²) in [5.74, 6) is 0.223. The van der Waals surface area contributed by atoms with Gasteiger partial charge in [0.1, 0.15) is 0 Å². The molecule has 0 spiro atoms. The van der Waals surface area contributed by atoms with E-state index < -0.39 is 0 Å². The second kappa shape index (κ2) is 7.80. The van der Waals surface area contributed by atoms with Crippen molar-refractivity contribution in [1.82, 2.24) is 10.2 Å². The fraction of sp³-hybridized carbons (Fsp3) is 0.529. The van der Waals surface area contributed by atoms with Crippen LogP contribution in [-0.2, 0) is 11.3 Å². The number of carbonyl (C=O) groups is 1. The van der Waals surface area contributed by atoms with Crippen LogP contribution >= 0.6 is 0 Å². The minimum atomic E-state index is 0.223. The van der Waals surface area contributed by atoms with E-state index in [0.29, 0.717) is 24.6 Å². The Morgan fingerprint density at radius 1 is 1.43 bits per heavy atom. The summed E-state index contributed by atoms with van der Waals surface area (Å²) in [4.78, 5) is 14.4. The predicted molar refractivity (Wildman–Crippen MR) is 82.5 cm³/mol. The number of amides is 1. The molecule has 1 aromatic rings. The van der Waals surface area contributed by atoms with Crippen LogP contribution in [0.4, 0.5) is 0 Å². The van der Waals surface area contributed by atoms with Crippen molar-refractivity contribution in [3.8, 4) is 6.07 Å². The predicted octanol–water partition coefficient (Wildman–Crippen LogP) is 2.44. The molecule has 1 unspecified atom stereocenters. The van der Waals surface area contributed by atoms with E-state index in [1.54, 1.807) is 0 Å². The van der Waals surface area contributed by atoms with Gasteiger partial charge in [0.15, 0.2) is 0 Å². The number of hydrogen-bond donors (Lipinski definition) is 1. The largest absolute Gasteiger partial charge is 0.338 e. The lowest BCUT2D eigenvalue weighted by molar-refractivity contribution is -0.132. The van der Waals surface area contributed by atoms with Gasteiger partial charge in [0.05, 0.1) is 11.6 Å². The van der Waals surface area contributed by atoms with E-state index in [4.69, 9.17) is 5.26 Å². The third kappa shape index (κ3) is 4.57. The molecule has 4 nitrogen and oxygen atoms in total. The molecule has 2 rings (SSSR count). The molecule has 4 heteroatoms. The first kappa shape index (κ1) is 15.5. The highest BCUT2D eigenvalue weighted by Gasteiger charge is 2.21. The minimum Gasteiger partial charge on any atom is -0.338 e. The first-order valence-corrected chi connectivity index (χ1v) is 7.73. The van der Waals surface area contributed by atoms with Crippen molar-refractivity contribution in [2.45, 2.75) is 45.2 Å². The number of rotatable bonds is 6. The summed E-state index contributed by atoms with van der Waals surface area (Å²) in [5, 5.41) is 12.2. The van der Waals surface area contributed by atoms with Crippen molar-refractivity contribution in [3.63, 3.8) is 0 Å². The highest BCUT2D eigenvalue weighted by molar-refractivity contribution is 5.76. The number of hydrogen-bond acceptors (Lipinski definition) is 3. The van der Waals surface area contributed by atoms with Gasteiger partial charge in [-0.25, -0.2) is 0 Å². The van der Waals surface area contributed by atoms with E-state index in [1.165, 1.54) is 6.42 Å². The molecule has 0 bridgehead atoms. The summed E-state index contributed by atoms with van der Waals surface area (Å²) >= 11 is 0. The fourth-order valence-corrected chi connectivity index (χ4v) is 2.74. The van der Waals surface area contributed by atoms with Crippen LogP contribution < -0.4 is 5.32 Å². The third-order valence-corrected chi connectivity index (χ3v) is 3.89. The van der Waals surface area contributed by atoms with Crippen LogP contribution in [0.15, 0.2) is 24.3 Å². The zero-order valence-electron chi connectivity index (χ0n) is 12.6. The van der Waals surface area contributed by atoms with Crippen molar-refractivity contribution in [3.05, 3.63) is 35.4 Å². The van der Waals surface area contributed by atoms with Gasteiger partial charge in [0, 0.05) is 25.6 Å². The molecule has 1 amide bonds. The number of nitrogens with zero attached hydrogens (tertiary/aromatic N) is 2. The summed E-state index contributed by atoms with van der Waals surface area (Å²) in [5.41, 5.74) is 1.73. The Labute approximate surface area is 126 Å². The van der Waals surface area contributed by atoms with Crippen molar-refractivity contribution < 1.29 is 4.79 Å². The third-order valence-electron chi connectivity index (χ3n) is 3.89. The van der Waals surface area contributed by atoms with Crippen LogP contribution in [0.25, 0.3) is 0 Å². The van der Waals surface area contributed by atoms with Crippen LogP contribution in [0.5, 0.6) is 0 Å². The van der Waals surface area contributed by atoms with Gasteiger partial charge in [-0.15, -0.1) is 0 Å². The van der Waals surface area contributed by atoms with Gasteiger partial charge in [-0.1, -0.05) is 19.1 Å². The van der Waals surface area contributed by atoms with Crippen molar-refractivity contribution in [1.29, 1.82) is 5.26 Å². The lowest BCUT2D eigenvalue weighted by atomic mass is 10.1. The second-order valence-corrected chi connectivity index (χ2v) is 5.62. The Hall–Kier alpha value is -1.86. The summed E-state index contributed by atoms with van der Waals surface area (Å²) in [6.07, 6.45) is 3.82. The van der Waals surface area contributed by atoms with Crippen molar-refractivity contribution in [2.24, 2.45) is 0 Å². The maximum atomic E-state index is 12.5. The number of benzene rings is 1. The SMILES string of the molecule is CCCN(Cc1ccc(C#N)cc1)C(=O)CC1CCCN1. The normalized spacial score (nSPS) is 17.4. The van der Waals surface area contributed by atoms with E-state index >= 15 is 0 Å². The highest BCUT2D eigenvalue weighted by Crippen LogP contribution is 2.13. The van der Waals surface area contributed by atoms with Crippen molar-refractivity contribution >= 4 is 5.91 Å². The molecular weight excluding hydrogens is 262 g/mol. The Balaban J connectivity index is 1.96. The molecule has 1 atom stereocenters. The fourth-order valence-electron chi connectivity index (χ4n) is 2.74. The molecule has 1 heterocycles. The number of nitriles is 1. The summed E-state index contributed by atoms with van der Waals surface area (Å²) in [7, 11) is 0. The van der Waals surface area contributed by atoms with Gasteiger partial charge in [-0.3, -0.25) is 4.79 Å². The van der Waals surface area contributed by atoms with Gasteiger partial charge < -0.3 is 10.2 Å². The van der Waals surface area contributed by atoms with E-state index in [1.807, 2.05) is 29.2 Å². The maximum absolute atomic E-state index is 12.5. The van der Waals surface area contributed by atoms with E-state index in [0.717, 1.165) is 31.5 Å². The lowest BCUT2D eigenvalue weighted by Gasteiger charge is -2.24. The zero-order chi connectivity index (χ0) is 15.1. The van der Waals surface area contributed by atoms with E-state index in [9.17, 15) is 4.79 Å². The van der Waals surface area contributed by atoms with Crippen LogP contribution in [-0.4, -0.2) is 29.9 Å².